The lowest BCUT2D eigenvalue weighted by Crippen LogP contribution is -2.45. The molecule has 100 valence electrons. The molecule has 0 radical (unpaired) electrons. The standard InChI is InChI=1S/C12H21N5O/c1-12(4-3-5-13-12)10-14-11(15-18-10)17-8-6-16(2)7-9-17/h13H,3-9H2,1-2H3. The number of nitrogens with zero attached hydrogens (tertiary/aromatic N) is 4. The van der Waals surface area contributed by atoms with Crippen LogP contribution >= 0.6 is 0 Å². The second-order valence-electron chi connectivity index (χ2n) is 5.55. The van der Waals surface area contributed by atoms with Gasteiger partial charge in [0.05, 0.1) is 5.54 Å². The highest BCUT2D eigenvalue weighted by atomic mass is 16.5. The van der Waals surface area contributed by atoms with E-state index >= 15 is 0 Å². The van der Waals surface area contributed by atoms with E-state index in [2.05, 4.69) is 39.2 Å². The molecule has 1 unspecified atom stereocenters. The molecule has 3 rings (SSSR count). The number of anilines is 1. The van der Waals surface area contributed by atoms with E-state index in [-0.39, 0.29) is 5.54 Å². The zero-order chi connectivity index (χ0) is 12.6. The summed E-state index contributed by atoms with van der Waals surface area (Å²) in [7, 11) is 2.14. The molecule has 1 N–H and O–H groups in total. The molecule has 1 aromatic rings. The number of likely N-dealkylation sites (N-methyl/N-ethyl adjacent to an activating group) is 1. The number of nitrogens with one attached hydrogen (secondary N) is 1. The van der Waals surface area contributed by atoms with Crippen LogP contribution in [0.1, 0.15) is 25.7 Å². The van der Waals surface area contributed by atoms with Gasteiger partial charge in [0.1, 0.15) is 0 Å². The fourth-order valence-electron chi connectivity index (χ4n) is 2.65. The van der Waals surface area contributed by atoms with E-state index in [4.69, 9.17) is 4.52 Å². The molecule has 0 spiro atoms. The molecular weight excluding hydrogens is 230 g/mol. The van der Waals surface area contributed by atoms with Gasteiger partial charge in [-0.1, -0.05) is 0 Å². The van der Waals surface area contributed by atoms with Gasteiger partial charge in [-0.25, -0.2) is 0 Å². The maximum Gasteiger partial charge on any atom is 0.266 e. The highest BCUT2D eigenvalue weighted by Crippen LogP contribution is 2.30. The van der Waals surface area contributed by atoms with E-state index < -0.39 is 0 Å². The first kappa shape index (κ1) is 11.9. The molecule has 0 aromatic carbocycles. The minimum atomic E-state index is -0.127. The molecule has 2 aliphatic heterocycles. The SMILES string of the molecule is CN1CCN(c2noc(C3(C)CCCN3)n2)CC1. The molecule has 0 aliphatic carbocycles. The van der Waals surface area contributed by atoms with E-state index in [1.165, 1.54) is 6.42 Å². The Bertz CT molecular complexity index is 404. The highest BCUT2D eigenvalue weighted by molar-refractivity contribution is 5.29. The predicted molar refractivity (Wildman–Crippen MR) is 68.6 cm³/mol. The summed E-state index contributed by atoms with van der Waals surface area (Å²) >= 11 is 0. The Labute approximate surface area is 107 Å². The zero-order valence-corrected chi connectivity index (χ0v) is 11.1. The normalized spacial score (nSPS) is 30.0. The Kier molecular flexibility index (Phi) is 2.99. The summed E-state index contributed by atoms with van der Waals surface area (Å²) in [5, 5.41) is 7.59. The molecule has 0 bridgehead atoms. The molecule has 1 aromatic heterocycles. The monoisotopic (exact) mass is 251 g/mol. The van der Waals surface area contributed by atoms with Crippen molar-refractivity contribution in [3.8, 4) is 0 Å². The minimum absolute atomic E-state index is 0.127. The number of hydrogen-bond acceptors (Lipinski definition) is 6. The second kappa shape index (κ2) is 4.51. The number of aromatic nitrogens is 2. The summed E-state index contributed by atoms with van der Waals surface area (Å²) in [6.07, 6.45) is 2.24. The Morgan fingerprint density at radius 1 is 1.28 bits per heavy atom. The number of piperazine rings is 1. The summed E-state index contributed by atoms with van der Waals surface area (Å²) in [6.45, 7) is 7.22. The summed E-state index contributed by atoms with van der Waals surface area (Å²) in [5.41, 5.74) is -0.127. The molecule has 2 fully saturated rings. The molecule has 6 heteroatoms. The molecule has 6 nitrogen and oxygen atoms in total. The van der Waals surface area contributed by atoms with E-state index in [0.717, 1.165) is 51.0 Å². The van der Waals surface area contributed by atoms with Crippen molar-refractivity contribution in [1.29, 1.82) is 0 Å². The van der Waals surface area contributed by atoms with Crippen molar-refractivity contribution < 1.29 is 4.52 Å². The lowest BCUT2D eigenvalue weighted by molar-refractivity contribution is 0.274. The molecule has 0 saturated carbocycles. The van der Waals surface area contributed by atoms with Gasteiger partial charge >= 0.3 is 0 Å². The first-order valence-electron chi connectivity index (χ1n) is 6.70. The van der Waals surface area contributed by atoms with Crippen LogP contribution in [0, 0.1) is 0 Å². The average molecular weight is 251 g/mol. The van der Waals surface area contributed by atoms with Gasteiger partial charge in [-0.15, -0.1) is 0 Å². The van der Waals surface area contributed by atoms with Crippen LogP contribution in [0.5, 0.6) is 0 Å². The molecule has 3 heterocycles. The van der Waals surface area contributed by atoms with Gasteiger partial charge in [0.2, 0.25) is 5.89 Å². The van der Waals surface area contributed by atoms with E-state index in [1.54, 1.807) is 0 Å². The van der Waals surface area contributed by atoms with Crippen molar-refractivity contribution in [3.05, 3.63) is 5.89 Å². The lowest BCUT2D eigenvalue weighted by atomic mass is 10.0. The Hall–Kier alpha value is -1.14. The van der Waals surface area contributed by atoms with Crippen LogP contribution in [0.2, 0.25) is 0 Å². The van der Waals surface area contributed by atoms with Gasteiger partial charge < -0.3 is 19.6 Å². The molecule has 0 amide bonds. The third kappa shape index (κ3) is 2.10. The number of hydrogen-bond donors (Lipinski definition) is 1. The summed E-state index contributed by atoms with van der Waals surface area (Å²) in [5.74, 6) is 1.47. The maximum absolute atomic E-state index is 5.45. The van der Waals surface area contributed by atoms with Gasteiger partial charge in [-0.2, -0.15) is 4.98 Å². The van der Waals surface area contributed by atoms with Crippen molar-refractivity contribution in [1.82, 2.24) is 20.4 Å². The van der Waals surface area contributed by atoms with Crippen LogP contribution in [0.3, 0.4) is 0 Å². The van der Waals surface area contributed by atoms with Crippen molar-refractivity contribution in [2.24, 2.45) is 0 Å². The molecule has 2 aliphatic rings. The first-order chi connectivity index (χ1) is 8.67. The molecule has 1 atom stereocenters. The van der Waals surface area contributed by atoms with Gasteiger partial charge in [0.25, 0.3) is 5.95 Å². The Morgan fingerprint density at radius 2 is 2.06 bits per heavy atom. The van der Waals surface area contributed by atoms with Crippen molar-refractivity contribution in [2.45, 2.75) is 25.3 Å². The minimum Gasteiger partial charge on any atom is -0.336 e. The molecule has 18 heavy (non-hydrogen) atoms. The van der Waals surface area contributed by atoms with Crippen molar-refractivity contribution in [2.75, 3.05) is 44.7 Å². The zero-order valence-electron chi connectivity index (χ0n) is 11.1. The van der Waals surface area contributed by atoms with E-state index in [0.29, 0.717) is 0 Å². The third-order valence-corrected chi connectivity index (χ3v) is 4.04. The van der Waals surface area contributed by atoms with Gasteiger partial charge in [0.15, 0.2) is 0 Å². The Balaban J connectivity index is 1.73. The fourth-order valence-corrected chi connectivity index (χ4v) is 2.65. The topological polar surface area (TPSA) is 57.4 Å². The van der Waals surface area contributed by atoms with Crippen LogP contribution in [-0.4, -0.2) is 54.8 Å². The van der Waals surface area contributed by atoms with Gasteiger partial charge in [-0.3, -0.25) is 0 Å². The second-order valence-corrected chi connectivity index (χ2v) is 5.55. The maximum atomic E-state index is 5.45. The van der Waals surface area contributed by atoms with Crippen molar-refractivity contribution in [3.63, 3.8) is 0 Å². The van der Waals surface area contributed by atoms with Crippen LogP contribution in [0.15, 0.2) is 4.52 Å². The largest absolute Gasteiger partial charge is 0.336 e. The van der Waals surface area contributed by atoms with Crippen LogP contribution in [0.4, 0.5) is 5.95 Å². The van der Waals surface area contributed by atoms with Crippen LogP contribution in [0.25, 0.3) is 0 Å². The third-order valence-electron chi connectivity index (χ3n) is 4.04. The fraction of sp³-hybridized carbons (Fsp3) is 0.833. The summed E-state index contributed by atoms with van der Waals surface area (Å²) in [4.78, 5) is 9.10. The quantitative estimate of drug-likeness (QED) is 0.822. The van der Waals surface area contributed by atoms with Crippen LogP contribution in [-0.2, 0) is 5.54 Å². The molecular formula is C12H21N5O. The number of rotatable bonds is 2. The first-order valence-corrected chi connectivity index (χ1v) is 6.70. The summed E-state index contributed by atoms with van der Waals surface area (Å²) < 4.78 is 5.45. The van der Waals surface area contributed by atoms with Crippen LogP contribution < -0.4 is 10.2 Å². The van der Waals surface area contributed by atoms with Gasteiger partial charge in [-0.05, 0) is 38.5 Å². The van der Waals surface area contributed by atoms with E-state index in [1.807, 2.05) is 0 Å². The van der Waals surface area contributed by atoms with Gasteiger partial charge in [0, 0.05) is 26.2 Å². The Morgan fingerprint density at radius 3 is 2.72 bits per heavy atom. The predicted octanol–water partition coefficient (Wildman–Crippen LogP) is 0.420. The average Bonchev–Trinajstić information content (AvgIpc) is 2.99. The summed E-state index contributed by atoms with van der Waals surface area (Å²) in [6, 6.07) is 0. The lowest BCUT2D eigenvalue weighted by Gasteiger charge is -2.31. The van der Waals surface area contributed by atoms with Crippen molar-refractivity contribution >= 4 is 5.95 Å². The molecule has 2 saturated heterocycles. The van der Waals surface area contributed by atoms with E-state index in [9.17, 15) is 0 Å². The highest BCUT2D eigenvalue weighted by Gasteiger charge is 2.36. The smallest absolute Gasteiger partial charge is 0.266 e.